The SMILES string of the molecule is COc1ccc(C2(CNc3cc(=O)n4ccccc4n3)CCOCC2)cc1. The lowest BCUT2D eigenvalue weighted by Crippen LogP contribution is -2.40. The highest BCUT2D eigenvalue weighted by molar-refractivity contribution is 5.47. The lowest BCUT2D eigenvalue weighted by molar-refractivity contribution is 0.0543. The first-order valence-electron chi connectivity index (χ1n) is 9.15. The van der Waals surface area contributed by atoms with Crippen molar-refractivity contribution < 1.29 is 9.47 Å². The fourth-order valence-electron chi connectivity index (χ4n) is 3.68. The normalized spacial score (nSPS) is 16.2. The van der Waals surface area contributed by atoms with Gasteiger partial charge in [-0.2, -0.15) is 0 Å². The first-order valence-corrected chi connectivity index (χ1v) is 9.15. The van der Waals surface area contributed by atoms with Gasteiger partial charge in [-0.15, -0.1) is 0 Å². The van der Waals surface area contributed by atoms with Gasteiger partial charge in [0.25, 0.3) is 5.56 Å². The average Bonchev–Trinajstić information content (AvgIpc) is 2.73. The largest absolute Gasteiger partial charge is 0.497 e. The van der Waals surface area contributed by atoms with Crippen molar-refractivity contribution in [3.63, 3.8) is 0 Å². The second kappa shape index (κ2) is 7.40. The summed E-state index contributed by atoms with van der Waals surface area (Å²) in [5, 5.41) is 3.40. The van der Waals surface area contributed by atoms with Crippen LogP contribution in [0.25, 0.3) is 5.65 Å². The van der Waals surface area contributed by atoms with Crippen LogP contribution in [-0.4, -0.2) is 36.3 Å². The van der Waals surface area contributed by atoms with Crippen LogP contribution in [0.15, 0.2) is 59.5 Å². The van der Waals surface area contributed by atoms with Gasteiger partial charge >= 0.3 is 0 Å². The van der Waals surface area contributed by atoms with Gasteiger partial charge in [0.05, 0.1) is 7.11 Å². The number of anilines is 1. The van der Waals surface area contributed by atoms with Crippen molar-refractivity contribution in [2.75, 3.05) is 32.2 Å². The third-order valence-corrected chi connectivity index (χ3v) is 5.33. The molecule has 0 amide bonds. The number of hydrogen-bond acceptors (Lipinski definition) is 5. The van der Waals surface area contributed by atoms with Gasteiger partial charge in [-0.05, 0) is 42.7 Å². The summed E-state index contributed by atoms with van der Waals surface area (Å²) in [4.78, 5) is 16.9. The third-order valence-electron chi connectivity index (χ3n) is 5.33. The van der Waals surface area contributed by atoms with Crippen molar-refractivity contribution >= 4 is 11.5 Å². The maximum absolute atomic E-state index is 12.3. The molecule has 4 rings (SSSR count). The van der Waals surface area contributed by atoms with E-state index in [0.29, 0.717) is 18.0 Å². The molecule has 0 atom stereocenters. The van der Waals surface area contributed by atoms with E-state index in [2.05, 4.69) is 22.4 Å². The number of rotatable bonds is 5. The predicted molar refractivity (Wildman–Crippen MR) is 105 cm³/mol. The van der Waals surface area contributed by atoms with Gasteiger partial charge in [-0.25, -0.2) is 4.98 Å². The summed E-state index contributed by atoms with van der Waals surface area (Å²) >= 11 is 0. The maximum Gasteiger partial charge on any atom is 0.259 e. The molecule has 27 heavy (non-hydrogen) atoms. The van der Waals surface area contributed by atoms with Crippen molar-refractivity contribution in [2.45, 2.75) is 18.3 Å². The summed E-state index contributed by atoms with van der Waals surface area (Å²) in [5.41, 5.74) is 1.73. The van der Waals surface area contributed by atoms with Crippen LogP contribution in [0.4, 0.5) is 5.82 Å². The summed E-state index contributed by atoms with van der Waals surface area (Å²) in [6, 6.07) is 15.3. The van der Waals surface area contributed by atoms with E-state index in [1.165, 1.54) is 5.56 Å². The number of pyridine rings is 1. The highest BCUT2D eigenvalue weighted by Crippen LogP contribution is 2.35. The topological polar surface area (TPSA) is 64.9 Å². The van der Waals surface area contributed by atoms with Crippen LogP contribution in [0.3, 0.4) is 0 Å². The molecule has 0 bridgehead atoms. The molecule has 6 heteroatoms. The zero-order chi connectivity index (χ0) is 18.7. The van der Waals surface area contributed by atoms with Gasteiger partial charge in [0.1, 0.15) is 17.2 Å². The smallest absolute Gasteiger partial charge is 0.259 e. The fraction of sp³-hybridized carbons (Fsp3) is 0.333. The molecule has 1 fully saturated rings. The molecule has 3 heterocycles. The number of nitrogens with zero attached hydrogens (tertiary/aromatic N) is 2. The van der Waals surface area contributed by atoms with Crippen LogP contribution in [-0.2, 0) is 10.2 Å². The third kappa shape index (κ3) is 3.53. The summed E-state index contributed by atoms with van der Waals surface area (Å²) in [5.74, 6) is 1.45. The number of aromatic nitrogens is 2. The lowest BCUT2D eigenvalue weighted by Gasteiger charge is -2.38. The number of fused-ring (bicyclic) bond motifs is 1. The standard InChI is InChI=1S/C21H23N3O3/c1-26-17-7-5-16(6-8-17)21(9-12-27-13-10-21)15-22-18-14-20(25)24-11-3-2-4-19(24)23-18/h2-8,11,14,22H,9-10,12-13,15H2,1H3. The van der Waals surface area contributed by atoms with Gasteiger partial charge in [-0.3, -0.25) is 9.20 Å². The maximum atomic E-state index is 12.3. The van der Waals surface area contributed by atoms with E-state index >= 15 is 0 Å². The molecule has 0 unspecified atom stereocenters. The monoisotopic (exact) mass is 365 g/mol. The van der Waals surface area contributed by atoms with E-state index in [4.69, 9.17) is 9.47 Å². The first-order chi connectivity index (χ1) is 13.2. The zero-order valence-electron chi connectivity index (χ0n) is 15.4. The van der Waals surface area contributed by atoms with Gasteiger partial charge in [0.15, 0.2) is 0 Å². The summed E-state index contributed by atoms with van der Waals surface area (Å²) in [6.45, 7) is 2.14. The van der Waals surface area contributed by atoms with E-state index in [1.807, 2.05) is 30.3 Å². The summed E-state index contributed by atoms with van der Waals surface area (Å²) < 4.78 is 12.4. The number of benzene rings is 1. The van der Waals surface area contributed by atoms with Crippen molar-refractivity contribution in [1.82, 2.24) is 9.38 Å². The minimum absolute atomic E-state index is 0.0615. The van der Waals surface area contributed by atoms with Crippen molar-refractivity contribution in [1.29, 1.82) is 0 Å². The Morgan fingerprint density at radius 3 is 2.70 bits per heavy atom. The van der Waals surface area contributed by atoms with Crippen LogP contribution >= 0.6 is 0 Å². The van der Waals surface area contributed by atoms with Crippen molar-refractivity contribution in [3.8, 4) is 5.75 Å². The van der Waals surface area contributed by atoms with Crippen LogP contribution in [0.2, 0.25) is 0 Å². The van der Waals surface area contributed by atoms with Gasteiger partial charge in [-0.1, -0.05) is 18.2 Å². The second-order valence-electron chi connectivity index (χ2n) is 6.88. The Morgan fingerprint density at radius 1 is 1.19 bits per heavy atom. The molecule has 2 aromatic heterocycles. The summed E-state index contributed by atoms with van der Waals surface area (Å²) in [7, 11) is 1.67. The Bertz CT molecular complexity index is 976. The Morgan fingerprint density at radius 2 is 1.96 bits per heavy atom. The molecule has 3 aromatic rings. The van der Waals surface area contributed by atoms with Crippen molar-refractivity contribution in [3.05, 3.63) is 70.6 Å². The molecule has 0 spiro atoms. The molecular formula is C21H23N3O3. The number of hydrogen-bond donors (Lipinski definition) is 1. The Balaban J connectivity index is 1.61. The Kier molecular flexibility index (Phi) is 4.81. The van der Waals surface area contributed by atoms with Gasteiger partial charge in [0.2, 0.25) is 0 Å². The van der Waals surface area contributed by atoms with Crippen LogP contribution < -0.4 is 15.6 Å². The van der Waals surface area contributed by atoms with E-state index in [1.54, 1.807) is 23.8 Å². The number of ether oxygens (including phenoxy) is 2. The number of methoxy groups -OCH3 is 1. The average molecular weight is 365 g/mol. The molecule has 1 aliphatic rings. The minimum Gasteiger partial charge on any atom is -0.497 e. The van der Waals surface area contributed by atoms with E-state index in [9.17, 15) is 4.79 Å². The van der Waals surface area contributed by atoms with Crippen LogP contribution in [0, 0.1) is 0 Å². The lowest BCUT2D eigenvalue weighted by atomic mass is 9.74. The van der Waals surface area contributed by atoms with Gasteiger partial charge < -0.3 is 14.8 Å². The fourth-order valence-corrected chi connectivity index (χ4v) is 3.68. The Hall–Kier alpha value is -2.86. The van der Waals surface area contributed by atoms with Gasteiger partial charge in [0, 0.05) is 37.4 Å². The van der Waals surface area contributed by atoms with E-state index in [-0.39, 0.29) is 11.0 Å². The highest BCUT2D eigenvalue weighted by atomic mass is 16.5. The number of nitrogens with one attached hydrogen (secondary N) is 1. The van der Waals surface area contributed by atoms with Crippen LogP contribution in [0.1, 0.15) is 18.4 Å². The van der Waals surface area contributed by atoms with E-state index < -0.39 is 0 Å². The quantitative estimate of drug-likeness (QED) is 0.753. The molecule has 6 nitrogen and oxygen atoms in total. The van der Waals surface area contributed by atoms with Crippen molar-refractivity contribution in [2.24, 2.45) is 0 Å². The van der Waals surface area contributed by atoms with E-state index in [0.717, 1.165) is 31.8 Å². The molecule has 1 N–H and O–H groups in total. The molecule has 0 saturated carbocycles. The minimum atomic E-state index is -0.0893. The molecule has 0 radical (unpaired) electrons. The van der Waals surface area contributed by atoms with Crippen LogP contribution in [0.5, 0.6) is 5.75 Å². The summed E-state index contributed by atoms with van der Waals surface area (Å²) in [6.07, 6.45) is 3.56. The zero-order valence-corrected chi connectivity index (χ0v) is 15.4. The Labute approximate surface area is 157 Å². The predicted octanol–water partition coefficient (Wildman–Crippen LogP) is 2.86. The molecule has 0 aliphatic carbocycles. The molecule has 1 aliphatic heterocycles. The molecule has 1 saturated heterocycles. The first kappa shape index (κ1) is 17.5. The molecular weight excluding hydrogens is 342 g/mol. The molecule has 1 aromatic carbocycles. The highest BCUT2D eigenvalue weighted by Gasteiger charge is 2.34. The second-order valence-corrected chi connectivity index (χ2v) is 6.88. The molecule has 140 valence electrons.